The first-order valence-corrected chi connectivity index (χ1v) is 10.5. The molecule has 3 atom stereocenters. The van der Waals surface area contributed by atoms with Crippen LogP contribution in [0.4, 0.5) is 0 Å². The Balaban J connectivity index is 1.60. The summed E-state index contributed by atoms with van der Waals surface area (Å²) in [5, 5.41) is 0. The topological polar surface area (TPSA) is 48.0 Å². The maximum atomic E-state index is 12.2. The van der Waals surface area contributed by atoms with Gasteiger partial charge in [0.1, 0.15) is 12.2 Å². The summed E-state index contributed by atoms with van der Waals surface area (Å²) in [5.74, 6) is 1.56. The number of ether oxygens (including phenoxy) is 3. The van der Waals surface area contributed by atoms with E-state index in [1.54, 1.807) is 7.11 Å². The summed E-state index contributed by atoms with van der Waals surface area (Å²) in [4.78, 5) is 14.5. The Hall–Kier alpha value is -2.01. The fourth-order valence-corrected chi connectivity index (χ4v) is 4.90. The van der Waals surface area contributed by atoms with Gasteiger partial charge in [0.2, 0.25) is 0 Å². The van der Waals surface area contributed by atoms with E-state index in [1.807, 2.05) is 6.07 Å². The number of esters is 1. The first kappa shape index (κ1) is 19.3. The lowest BCUT2D eigenvalue weighted by Crippen LogP contribution is -2.43. The van der Waals surface area contributed by atoms with E-state index in [-0.39, 0.29) is 23.6 Å². The Kier molecular flexibility index (Phi) is 5.37. The average molecular weight is 386 g/mol. The van der Waals surface area contributed by atoms with Gasteiger partial charge in [-0.2, -0.15) is 0 Å². The van der Waals surface area contributed by atoms with E-state index in [0.717, 1.165) is 50.3 Å². The maximum absolute atomic E-state index is 12.2. The molecule has 0 unspecified atom stereocenters. The highest BCUT2D eigenvalue weighted by atomic mass is 16.6. The summed E-state index contributed by atoms with van der Waals surface area (Å²) < 4.78 is 17.8. The van der Waals surface area contributed by atoms with Crippen molar-refractivity contribution in [1.29, 1.82) is 0 Å². The zero-order chi connectivity index (χ0) is 19.7. The van der Waals surface area contributed by atoms with Gasteiger partial charge in [-0.05, 0) is 44.1 Å². The second kappa shape index (κ2) is 7.78. The van der Waals surface area contributed by atoms with Crippen LogP contribution in [0.25, 0.3) is 0 Å². The normalized spacial score (nSPS) is 28.1. The summed E-state index contributed by atoms with van der Waals surface area (Å²) in [6.45, 7) is 4.05. The summed E-state index contributed by atoms with van der Waals surface area (Å²) in [5.41, 5.74) is 2.41. The molecule has 0 radical (unpaired) electrons. The first-order valence-electron chi connectivity index (χ1n) is 10.5. The van der Waals surface area contributed by atoms with Gasteiger partial charge in [-0.25, -0.2) is 0 Å². The fraction of sp³-hybridized carbons (Fsp3) is 0.609. The van der Waals surface area contributed by atoms with E-state index >= 15 is 0 Å². The number of nitrogens with zero attached hydrogens (tertiary/aromatic N) is 1. The van der Waals surface area contributed by atoms with Crippen molar-refractivity contribution in [2.75, 3.05) is 20.7 Å². The van der Waals surface area contributed by atoms with Gasteiger partial charge in [0.25, 0.3) is 0 Å². The Labute approximate surface area is 167 Å². The molecule has 0 fully saturated rings. The predicted octanol–water partition coefficient (Wildman–Crippen LogP) is 3.98. The molecule has 0 amide bonds. The van der Waals surface area contributed by atoms with E-state index in [9.17, 15) is 4.79 Å². The minimum absolute atomic E-state index is 0.0255. The molecule has 2 heterocycles. The van der Waals surface area contributed by atoms with Crippen molar-refractivity contribution >= 4 is 5.97 Å². The highest BCUT2D eigenvalue weighted by Gasteiger charge is 2.53. The van der Waals surface area contributed by atoms with Gasteiger partial charge < -0.3 is 19.1 Å². The number of unbranched alkanes of at least 4 members (excludes halogenated alkanes) is 2. The van der Waals surface area contributed by atoms with Crippen LogP contribution in [0.15, 0.2) is 24.3 Å². The van der Waals surface area contributed by atoms with Crippen molar-refractivity contribution < 1.29 is 19.0 Å². The van der Waals surface area contributed by atoms with Gasteiger partial charge in [-0.3, -0.25) is 4.79 Å². The van der Waals surface area contributed by atoms with Gasteiger partial charge in [-0.1, -0.05) is 31.9 Å². The molecule has 3 aliphatic rings. The summed E-state index contributed by atoms with van der Waals surface area (Å²) >= 11 is 0. The lowest BCUT2D eigenvalue weighted by molar-refractivity contribution is -0.148. The maximum Gasteiger partial charge on any atom is 0.306 e. The molecule has 1 spiro atoms. The standard InChI is InChI=1S/C23H31NO4/c1-4-5-6-7-20(25)27-17-10-11-23-12-13-24(2)15-16-8-9-18(26-3)22(21(16)23)28-19(23)14-17/h8-11,17,19H,4-7,12-15H2,1-3H3/t17-,19-,23-/m0/s1. The summed E-state index contributed by atoms with van der Waals surface area (Å²) in [7, 11) is 3.85. The number of hydrogen-bond acceptors (Lipinski definition) is 5. The Bertz CT molecular complexity index is 774. The van der Waals surface area contributed by atoms with Crippen molar-refractivity contribution in [3.8, 4) is 11.5 Å². The van der Waals surface area contributed by atoms with Gasteiger partial charge in [-0.15, -0.1) is 0 Å². The molecule has 4 rings (SSSR count). The number of hydrogen-bond donors (Lipinski definition) is 0. The molecule has 1 aliphatic carbocycles. The van der Waals surface area contributed by atoms with Crippen LogP contribution in [0.1, 0.15) is 56.6 Å². The third-order valence-corrected chi connectivity index (χ3v) is 6.40. The Morgan fingerprint density at radius 3 is 3.00 bits per heavy atom. The smallest absolute Gasteiger partial charge is 0.306 e. The average Bonchev–Trinajstić information content (AvgIpc) is 2.94. The van der Waals surface area contributed by atoms with Crippen LogP contribution >= 0.6 is 0 Å². The number of carbonyl (C=O) groups excluding carboxylic acids is 1. The lowest BCUT2D eigenvalue weighted by Gasteiger charge is -2.36. The summed E-state index contributed by atoms with van der Waals surface area (Å²) in [6.07, 6.45) is 9.34. The van der Waals surface area contributed by atoms with Crippen molar-refractivity contribution in [3.05, 3.63) is 35.4 Å². The zero-order valence-corrected chi connectivity index (χ0v) is 17.2. The van der Waals surface area contributed by atoms with Crippen molar-refractivity contribution in [2.45, 2.75) is 69.6 Å². The minimum Gasteiger partial charge on any atom is -0.493 e. The van der Waals surface area contributed by atoms with Gasteiger partial charge >= 0.3 is 5.97 Å². The van der Waals surface area contributed by atoms with Crippen LogP contribution in [0.3, 0.4) is 0 Å². The molecule has 152 valence electrons. The van der Waals surface area contributed by atoms with E-state index in [2.05, 4.69) is 37.1 Å². The third kappa shape index (κ3) is 3.30. The molecule has 1 aromatic carbocycles. The molecule has 0 aromatic heterocycles. The van der Waals surface area contributed by atoms with Crippen LogP contribution in [-0.2, 0) is 21.5 Å². The monoisotopic (exact) mass is 385 g/mol. The Morgan fingerprint density at radius 2 is 2.21 bits per heavy atom. The lowest BCUT2D eigenvalue weighted by atomic mass is 9.69. The molecular formula is C23H31NO4. The van der Waals surface area contributed by atoms with E-state index < -0.39 is 0 Å². The summed E-state index contributed by atoms with van der Waals surface area (Å²) in [6, 6.07) is 4.17. The number of methoxy groups -OCH3 is 1. The molecule has 2 aliphatic heterocycles. The van der Waals surface area contributed by atoms with Crippen LogP contribution in [0, 0.1) is 0 Å². The molecule has 0 N–H and O–H groups in total. The molecule has 28 heavy (non-hydrogen) atoms. The number of benzene rings is 1. The van der Waals surface area contributed by atoms with Crippen molar-refractivity contribution in [2.24, 2.45) is 0 Å². The van der Waals surface area contributed by atoms with Crippen LogP contribution in [0.5, 0.6) is 11.5 Å². The third-order valence-electron chi connectivity index (χ3n) is 6.40. The van der Waals surface area contributed by atoms with Crippen LogP contribution < -0.4 is 9.47 Å². The molecule has 5 heteroatoms. The first-order chi connectivity index (χ1) is 13.6. The second-order valence-electron chi connectivity index (χ2n) is 8.35. The molecule has 0 saturated carbocycles. The second-order valence-corrected chi connectivity index (χ2v) is 8.35. The number of rotatable bonds is 6. The van der Waals surface area contributed by atoms with E-state index in [1.165, 1.54) is 11.1 Å². The van der Waals surface area contributed by atoms with Crippen molar-refractivity contribution in [1.82, 2.24) is 4.90 Å². The van der Waals surface area contributed by atoms with E-state index in [0.29, 0.717) is 12.8 Å². The largest absolute Gasteiger partial charge is 0.493 e. The zero-order valence-electron chi connectivity index (χ0n) is 17.2. The Morgan fingerprint density at radius 1 is 1.36 bits per heavy atom. The van der Waals surface area contributed by atoms with Crippen molar-refractivity contribution in [3.63, 3.8) is 0 Å². The number of carbonyl (C=O) groups is 1. The molecule has 1 aromatic rings. The van der Waals surface area contributed by atoms with Gasteiger partial charge in [0.15, 0.2) is 11.5 Å². The predicted molar refractivity (Wildman–Crippen MR) is 108 cm³/mol. The van der Waals surface area contributed by atoms with Crippen LogP contribution in [-0.4, -0.2) is 43.8 Å². The minimum atomic E-state index is -0.213. The molecular weight excluding hydrogens is 354 g/mol. The highest BCUT2D eigenvalue weighted by molar-refractivity contribution is 5.70. The van der Waals surface area contributed by atoms with Crippen LogP contribution in [0.2, 0.25) is 0 Å². The van der Waals surface area contributed by atoms with E-state index in [4.69, 9.17) is 14.2 Å². The highest BCUT2D eigenvalue weighted by Crippen LogP contribution is 2.55. The molecule has 0 saturated heterocycles. The SMILES string of the molecule is CCCCCC(=O)O[C@H]1C=C[C@@]23CCN(C)Cc4ccc(OC)c(c42)O[C@H]3C1. The molecule has 0 bridgehead atoms. The van der Waals surface area contributed by atoms with Gasteiger partial charge in [0.05, 0.1) is 12.5 Å². The molecule has 5 nitrogen and oxygen atoms in total. The fourth-order valence-electron chi connectivity index (χ4n) is 4.90. The van der Waals surface area contributed by atoms with Gasteiger partial charge in [0, 0.05) is 24.9 Å². The quantitative estimate of drug-likeness (QED) is 0.421.